The number of aromatic amines is 1. The summed E-state index contributed by atoms with van der Waals surface area (Å²) in [5.74, 6) is 0.442. The number of alkyl halides is 3. The maximum Gasteiger partial charge on any atom is 0.393 e. The lowest BCUT2D eigenvalue weighted by Gasteiger charge is -2.06. The van der Waals surface area contributed by atoms with Gasteiger partial charge in [0.2, 0.25) is 0 Å². The first kappa shape index (κ1) is 15.1. The summed E-state index contributed by atoms with van der Waals surface area (Å²) >= 11 is 0. The highest BCUT2D eigenvalue weighted by atomic mass is 19.4. The predicted octanol–water partition coefficient (Wildman–Crippen LogP) is 3.33. The second-order valence-electron chi connectivity index (χ2n) is 5.02. The molecule has 0 bridgehead atoms. The van der Waals surface area contributed by atoms with Crippen molar-refractivity contribution >= 4 is 0 Å². The van der Waals surface area contributed by atoms with E-state index in [0.717, 1.165) is 0 Å². The van der Waals surface area contributed by atoms with E-state index >= 15 is 0 Å². The number of nitrogens with zero attached hydrogens (tertiary/aromatic N) is 2. The molecular weight excluding hydrogens is 307 g/mol. The summed E-state index contributed by atoms with van der Waals surface area (Å²) in [5.41, 5.74) is 1.02. The summed E-state index contributed by atoms with van der Waals surface area (Å²) in [6, 6.07) is 12.4. The van der Waals surface area contributed by atoms with Crippen molar-refractivity contribution in [2.75, 3.05) is 0 Å². The average molecular weight is 319 g/mol. The highest BCUT2D eigenvalue weighted by molar-refractivity contribution is 5.59. The van der Waals surface area contributed by atoms with Crippen LogP contribution in [-0.2, 0) is 6.42 Å². The van der Waals surface area contributed by atoms with Gasteiger partial charge in [0.05, 0.1) is 12.1 Å². The van der Waals surface area contributed by atoms with E-state index in [-0.39, 0.29) is 11.1 Å². The molecular formula is C16H12F3N3O. The van der Waals surface area contributed by atoms with Crippen LogP contribution in [0.15, 0.2) is 59.5 Å². The van der Waals surface area contributed by atoms with Crippen molar-refractivity contribution in [1.82, 2.24) is 14.8 Å². The zero-order valence-electron chi connectivity index (χ0n) is 11.8. The second kappa shape index (κ2) is 5.75. The highest BCUT2D eigenvalue weighted by Crippen LogP contribution is 2.23. The molecule has 23 heavy (non-hydrogen) atoms. The average Bonchev–Trinajstić information content (AvgIpc) is 2.89. The van der Waals surface area contributed by atoms with Crippen LogP contribution in [0.3, 0.4) is 0 Å². The van der Waals surface area contributed by atoms with E-state index in [4.69, 9.17) is 0 Å². The Bertz CT molecular complexity index is 849. The van der Waals surface area contributed by atoms with Gasteiger partial charge in [-0.3, -0.25) is 9.89 Å². The first-order valence-corrected chi connectivity index (χ1v) is 6.82. The van der Waals surface area contributed by atoms with Crippen LogP contribution in [0.25, 0.3) is 17.1 Å². The summed E-state index contributed by atoms with van der Waals surface area (Å²) in [7, 11) is 0. The smallest absolute Gasteiger partial charge is 0.289 e. The molecule has 0 aliphatic heterocycles. The fraction of sp³-hybridized carbons (Fsp3) is 0.125. The van der Waals surface area contributed by atoms with E-state index in [2.05, 4.69) is 10.1 Å². The van der Waals surface area contributed by atoms with Crippen LogP contribution in [0.2, 0.25) is 0 Å². The maximum atomic E-state index is 12.4. The molecule has 0 saturated carbocycles. The Morgan fingerprint density at radius 3 is 2.43 bits per heavy atom. The molecule has 0 unspecified atom stereocenters. The van der Waals surface area contributed by atoms with Gasteiger partial charge in [-0.2, -0.15) is 13.2 Å². The Balaban J connectivity index is 1.90. The van der Waals surface area contributed by atoms with Gasteiger partial charge in [0, 0.05) is 12.3 Å². The third-order valence-corrected chi connectivity index (χ3v) is 3.27. The van der Waals surface area contributed by atoms with E-state index in [1.807, 2.05) is 0 Å². The molecule has 2 aromatic heterocycles. The van der Waals surface area contributed by atoms with E-state index in [9.17, 15) is 18.0 Å². The number of aromatic nitrogens is 3. The lowest BCUT2D eigenvalue weighted by Crippen LogP contribution is -2.14. The molecule has 2 heterocycles. The van der Waals surface area contributed by atoms with Crippen LogP contribution in [0.5, 0.6) is 0 Å². The lowest BCUT2D eigenvalue weighted by atomic mass is 10.1. The van der Waals surface area contributed by atoms with Crippen LogP contribution < -0.4 is 5.56 Å². The summed E-state index contributed by atoms with van der Waals surface area (Å²) in [6.45, 7) is 0. The minimum atomic E-state index is -4.24. The fourth-order valence-electron chi connectivity index (χ4n) is 2.23. The molecule has 0 aliphatic carbocycles. The molecule has 0 atom stereocenters. The van der Waals surface area contributed by atoms with Crippen molar-refractivity contribution < 1.29 is 13.2 Å². The molecule has 118 valence electrons. The van der Waals surface area contributed by atoms with Crippen LogP contribution in [-0.4, -0.2) is 20.9 Å². The fourth-order valence-corrected chi connectivity index (χ4v) is 2.23. The van der Waals surface area contributed by atoms with Gasteiger partial charge in [0.15, 0.2) is 5.82 Å². The Morgan fingerprint density at radius 2 is 1.83 bits per heavy atom. The third kappa shape index (κ3) is 3.50. The van der Waals surface area contributed by atoms with Gasteiger partial charge in [-0.15, -0.1) is 0 Å². The second-order valence-corrected chi connectivity index (χ2v) is 5.02. The third-order valence-electron chi connectivity index (χ3n) is 3.27. The van der Waals surface area contributed by atoms with Crippen molar-refractivity contribution in [3.05, 3.63) is 70.6 Å². The van der Waals surface area contributed by atoms with Crippen molar-refractivity contribution in [3.8, 4) is 17.1 Å². The van der Waals surface area contributed by atoms with E-state index < -0.39 is 12.6 Å². The number of benzene rings is 1. The predicted molar refractivity (Wildman–Crippen MR) is 79.4 cm³/mol. The Morgan fingerprint density at radius 1 is 1.09 bits per heavy atom. The number of H-pyrrole nitrogens is 1. The largest absolute Gasteiger partial charge is 0.393 e. The molecule has 0 aliphatic rings. The first-order valence-electron chi connectivity index (χ1n) is 6.82. The Hall–Kier alpha value is -2.83. The van der Waals surface area contributed by atoms with Crippen LogP contribution >= 0.6 is 0 Å². The van der Waals surface area contributed by atoms with Gasteiger partial charge in [-0.25, -0.2) is 9.67 Å². The molecule has 0 fully saturated rings. The lowest BCUT2D eigenvalue weighted by molar-refractivity contribution is -0.127. The van der Waals surface area contributed by atoms with E-state index in [1.54, 1.807) is 36.5 Å². The number of hydrogen-bond acceptors (Lipinski definition) is 2. The number of halogens is 3. The van der Waals surface area contributed by atoms with Crippen LogP contribution in [0.4, 0.5) is 13.2 Å². The standard InChI is InChI=1S/C16H12F3N3O/c17-16(18,19)10-11-4-6-12(7-5-11)13-9-15(23)22(21-13)14-3-1-2-8-20-14/h1-9,21H,10H2. The van der Waals surface area contributed by atoms with Crippen molar-refractivity contribution in [2.24, 2.45) is 0 Å². The molecule has 0 amide bonds. The molecule has 3 rings (SSSR count). The normalized spacial score (nSPS) is 11.6. The van der Waals surface area contributed by atoms with E-state index in [1.165, 1.54) is 22.9 Å². The summed E-state index contributed by atoms with van der Waals surface area (Å²) in [4.78, 5) is 16.1. The van der Waals surface area contributed by atoms with Crippen LogP contribution in [0.1, 0.15) is 5.56 Å². The zero-order chi connectivity index (χ0) is 16.4. The maximum absolute atomic E-state index is 12.4. The number of pyridine rings is 1. The summed E-state index contributed by atoms with van der Waals surface area (Å²) < 4.78 is 38.3. The van der Waals surface area contributed by atoms with Gasteiger partial charge in [0.1, 0.15) is 0 Å². The monoisotopic (exact) mass is 319 g/mol. The quantitative estimate of drug-likeness (QED) is 0.805. The zero-order valence-corrected chi connectivity index (χ0v) is 11.8. The topological polar surface area (TPSA) is 50.7 Å². The minimum Gasteiger partial charge on any atom is -0.289 e. The first-order chi connectivity index (χ1) is 10.9. The van der Waals surface area contributed by atoms with Crippen molar-refractivity contribution in [3.63, 3.8) is 0 Å². The molecule has 1 N–H and O–H groups in total. The molecule has 0 spiro atoms. The van der Waals surface area contributed by atoms with Gasteiger partial charge in [-0.1, -0.05) is 30.3 Å². The molecule has 4 nitrogen and oxygen atoms in total. The Labute approximate surface area is 129 Å². The Kier molecular flexibility index (Phi) is 3.77. The number of nitrogens with one attached hydrogen (secondary N) is 1. The van der Waals surface area contributed by atoms with Gasteiger partial charge in [-0.05, 0) is 23.3 Å². The SMILES string of the molecule is O=c1cc(-c2ccc(CC(F)(F)F)cc2)[nH]n1-c1ccccn1. The number of rotatable bonds is 3. The van der Waals surface area contributed by atoms with Gasteiger partial charge < -0.3 is 0 Å². The molecule has 0 saturated heterocycles. The molecule has 1 aromatic carbocycles. The number of hydrogen-bond donors (Lipinski definition) is 1. The van der Waals surface area contributed by atoms with Crippen molar-refractivity contribution in [1.29, 1.82) is 0 Å². The van der Waals surface area contributed by atoms with Gasteiger partial charge in [0.25, 0.3) is 5.56 Å². The van der Waals surface area contributed by atoms with Crippen LogP contribution in [0, 0.1) is 0 Å². The molecule has 7 heteroatoms. The van der Waals surface area contributed by atoms with E-state index in [0.29, 0.717) is 17.1 Å². The summed E-state index contributed by atoms with van der Waals surface area (Å²) in [6.07, 6.45) is -3.65. The summed E-state index contributed by atoms with van der Waals surface area (Å²) in [5, 5.41) is 2.90. The highest BCUT2D eigenvalue weighted by Gasteiger charge is 2.27. The molecule has 0 radical (unpaired) electrons. The molecule has 3 aromatic rings. The minimum absolute atomic E-state index is 0.174. The van der Waals surface area contributed by atoms with Crippen molar-refractivity contribution in [2.45, 2.75) is 12.6 Å². The van der Waals surface area contributed by atoms with Gasteiger partial charge >= 0.3 is 6.18 Å².